The van der Waals surface area contributed by atoms with Crippen LogP contribution in [-0.2, 0) is 11.8 Å². The van der Waals surface area contributed by atoms with Crippen molar-refractivity contribution in [1.82, 2.24) is 9.78 Å². The Morgan fingerprint density at radius 1 is 1.44 bits per heavy atom. The fraction of sp³-hybridized carbons (Fsp3) is 0.769. The molecule has 0 radical (unpaired) electrons. The van der Waals surface area contributed by atoms with Gasteiger partial charge in [-0.1, -0.05) is 20.8 Å². The number of methoxy groups -OCH3 is 1. The van der Waals surface area contributed by atoms with Crippen molar-refractivity contribution in [2.24, 2.45) is 18.2 Å². The average molecular weight is 255 g/mol. The van der Waals surface area contributed by atoms with Gasteiger partial charge in [0.15, 0.2) is 5.75 Å². The van der Waals surface area contributed by atoms with Crippen LogP contribution in [0.25, 0.3) is 0 Å². The molecule has 0 saturated carbocycles. The average Bonchev–Trinajstić information content (AvgIpc) is 2.64. The van der Waals surface area contributed by atoms with Crippen molar-refractivity contribution < 1.29 is 9.47 Å². The first-order chi connectivity index (χ1) is 8.32. The Balaban J connectivity index is 3.09. The maximum absolute atomic E-state index is 6.37. The molecule has 2 unspecified atom stereocenters. The third-order valence-electron chi connectivity index (χ3n) is 3.01. The minimum atomic E-state index is -0.271. The quantitative estimate of drug-likeness (QED) is 0.872. The van der Waals surface area contributed by atoms with E-state index in [0.29, 0.717) is 12.4 Å². The molecule has 0 fully saturated rings. The van der Waals surface area contributed by atoms with Crippen molar-refractivity contribution in [2.75, 3.05) is 13.7 Å². The summed E-state index contributed by atoms with van der Waals surface area (Å²) in [4.78, 5) is 0. The fourth-order valence-electron chi connectivity index (χ4n) is 2.18. The Bertz CT molecular complexity index is 382. The Morgan fingerprint density at radius 2 is 2.06 bits per heavy atom. The first-order valence-corrected chi connectivity index (χ1v) is 6.26. The summed E-state index contributed by atoms with van der Waals surface area (Å²) in [6.45, 7) is 8.98. The van der Waals surface area contributed by atoms with E-state index in [4.69, 9.17) is 15.2 Å². The maximum atomic E-state index is 6.37. The molecular formula is C13H25N3O2. The normalized spacial score (nSPS) is 15.5. The molecule has 2 atom stereocenters. The second-order valence-corrected chi connectivity index (χ2v) is 5.49. The lowest BCUT2D eigenvalue weighted by Crippen LogP contribution is -2.40. The first-order valence-electron chi connectivity index (χ1n) is 6.26. The second kappa shape index (κ2) is 5.71. The molecule has 18 heavy (non-hydrogen) atoms. The number of aryl methyl sites for hydroxylation is 1. The largest absolute Gasteiger partial charge is 0.493 e. The molecule has 0 aromatic carbocycles. The van der Waals surface area contributed by atoms with Crippen LogP contribution in [0.2, 0.25) is 0 Å². The lowest BCUT2D eigenvalue weighted by Gasteiger charge is -2.35. The highest BCUT2D eigenvalue weighted by molar-refractivity contribution is 5.29. The lowest BCUT2D eigenvalue weighted by molar-refractivity contribution is -0.0301. The molecule has 0 amide bonds. The van der Waals surface area contributed by atoms with Gasteiger partial charge in [-0.25, -0.2) is 0 Å². The lowest BCUT2D eigenvalue weighted by atomic mass is 9.83. The molecule has 5 heteroatoms. The van der Waals surface area contributed by atoms with E-state index in [0.717, 1.165) is 5.69 Å². The summed E-state index contributed by atoms with van der Waals surface area (Å²) in [5, 5.41) is 4.19. The summed E-state index contributed by atoms with van der Waals surface area (Å²) in [6, 6.07) is -0.271. The third kappa shape index (κ3) is 3.03. The summed E-state index contributed by atoms with van der Waals surface area (Å²) in [7, 11) is 3.49. The summed E-state index contributed by atoms with van der Waals surface area (Å²) in [5.41, 5.74) is 7.18. The van der Waals surface area contributed by atoms with Crippen LogP contribution in [-0.4, -0.2) is 29.6 Å². The molecule has 2 N–H and O–H groups in total. The number of nitrogens with zero attached hydrogens (tertiary/aromatic N) is 2. The van der Waals surface area contributed by atoms with Crippen molar-refractivity contribution >= 4 is 0 Å². The molecule has 1 heterocycles. The topological polar surface area (TPSA) is 62.3 Å². The molecule has 0 aliphatic heterocycles. The predicted octanol–water partition coefficient (Wildman–Crippen LogP) is 1.88. The number of rotatable bonds is 5. The van der Waals surface area contributed by atoms with Crippen molar-refractivity contribution in [3.63, 3.8) is 0 Å². The van der Waals surface area contributed by atoms with E-state index in [1.54, 1.807) is 18.0 Å². The summed E-state index contributed by atoms with van der Waals surface area (Å²) in [6.07, 6.45) is 1.59. The minimum absolute atomic E-state index is 0.0509. The predicted molar refractivity (Wildman–Crippen MR) is 71.6 cm³/mol. The van der Waals surface area contributed by atoms with Gasteiger partial charge < -0.3 is 15.2 Å². The minimum Gasteiger partial charge on any atom is -0.493 e. The Morgan fingerprint density at radius 3 is 2.50 bits per heavy atom. The van der Waals surface area contributed by atoms with Gasteiger partial charge in [0.1, 0.15) is 0 Å². The molecule has 1 aromatic rings. The molecule has 1 rings (SSSR count). The van der Waals surface area contributed by atoms with Crippen LogP contribution in [0.1, 0.15) is 39.4 Å². The molecule has 0 spiro atoms. The Kier molecular flexibility index (Phi) is 4.76. The van der Waals surface area contributed by atoms with Crippen LogP contribution < -0.4 is 10.5 Å². The number of hydrogen-bond acceptors (Lipinski definition) is 4. The van der Waals surface area contributed by atoms with E-state index in [2.05, 4.69) is 25.9 Å². The molecule has 5 nitrogen and oxygen atoms in total. The monoisotopic (exact) mass is 255 g/mol. The molecule has 0 saturated heterocycles. The zero-order valence-electron chi connectivity index (χ0n) is 12.2. The first kappa shape index (κ1) is 15.0. The van der Waals surface area contributed by atoms with Crippen LogP contribution >= 0.6 is 0 Å². The molecule has 0 aliphatic carbocycles. The molecule has 104 valence electrons. The Hall–Kier alpha value is -1.07. The highest BCUT2D eigenvalue weighted by atomic mass is 16.5. The SMILES string of the molecule is CCOC(C(N)c1c(OC)cnn1C)C(C)(C)C. The van der Waals surface area contributed by atoms with Gasteiger partial charge >= 0.3 is 0 Å². The summed E-state index contributed by atoms with van der Waals surface area (Å²) < 4.78 is 12.9. The van der Waals surface area contributed by atoms with Crippen LogP contribution in [0.3, 0.4) is 0 Å². The second-order valence-electron chi connectivity index (χ2n) is 5.49. The van der Waals surface area contributed by atoms with Gasteiger partial charge in [0.05, 0.1) is 31.1 Å². The van der Waals surface area contributed by atoms with Gasteiger partial charge in [-0.05, 0) is 12.3 Å². The van der Waals surface area contributed by atoms with Crippen LogP contribution in [0.4, 0.5) is 0 Å². The van der Waals surface area contributed by atoms with E-state index in [1.807, 2.05) is 14.0 Å². The van der Waals surface area contributed by atoms with Crippen LogP contribution in [0.5, 0.6) is 5.75 Å². The van der Waals surface area contributed by atoms with Crippen molar-refractivity contribution in [2.45, 2.75) is 39.8 Å². The highest BCUT2D eigenvalue weighted by Gasteiger charge is 2.34. The fourth-order valence-corrected chi connectivity index (χ4v) is 2.18. The Labute approximate surface area is 109 Å². The van der Waals surface area contributed by atoms with E-state index < -0.39 is 0 Å². The van der Waals surface area contributed by atoms with Gasteiger partial charge in [0.25, 0.3) is 0 Å². The standard InChI is InChI=1S/C13H25N3O2/c1-7-18-12(13(2,3)4)10(14)11-9(17-6)8-15-16(11)5/h8,10,12H,7,14H2,1-6H3. The summed E-state index contributed by atoms with van der Waals surface area (Å²) >= 11 is 0. The van der Waals surface area contributed by atoms with E-state index in [1.165, 1.54) is 0 Å². The van der Waals surface area contributed by atoms with Crippen molar-refractivity contribution in [3.05, 3.63) is 11.9 Å². The van der Waals surface area contributed by atoms with Crippen molar-refractivity contribution in [1.29, 1.82) is 0 Å². The molecule has 0 aliphatic rings. The third-order valence-corrected chi connectivity index (χ3v) is 3.01. The smallest absolute Gasteiger partial charge is 0.161 e. The van der Waals surface area contributed by atoms with Gasteiger partial charge in [0.2, 0.25) is 0 Å². The van der Waals surface area contributed by atoms with E-state index >= 15 is 0 Å². The zero-order chi connectivity index (χ0) is 13.9. The van der Waals surface area contributed by atoms with Gasteiger partial charge in [-0.2, -0.15) is 5.10 Å². The number of nitrogens with two attached hydrogens (primary N) is 1. The number of hydrogen-bond donors (Lipinski definition) is 1. The van der Waals surface area contributed by atoms with E-state index in [-0.39, 0.29) is 17.6 Å². The van der Waals surface area contributed by atoms with Crippen molar-refractivity contribution in [3.8, 4) is 5.75 Å². The van der Waals surface area contributed by atoms with Gasteiger partial charge in [-0.3, -0.25) is 4.68 Å². The zero-order valence-corrected chi connectivity index (χ0v) is 12.2. The highest BCUT2D eigenvalue weighted by Crippen LogP contribution is 2.34. The maximum Gasteiger partial charge on any atom is 0.161 e. The van der Waals surface area contributed by atoms with Crippen LogP contribution in [0.15, 0.2) is 6.20 Å². The molecule has 1 aromatic heterocycles. The number of aromatic nitrogens is 2. The number of ether oxygens (including phenoxy) is 2. The van der Waals surface area contributed by atoms with E-state index in [9.17, 15) is 0 Å². The molecular weight excluding hydrogens is 230 g/mol. The van der Waals surface area contributed by atoms with Gasteiger partial charge in [0, 0.05) is 13.7 Å². The summed E-state index contributed by atoms with van der Waals surface area (Å²) in [5.74, 6) is 0.707. The van der Waals surface area contributed by atoms with Gasteiger partial charge in [-0.15, -0.1) is 0 Å². The van der Waals surface area contributed by atoms with Crippen LogP contribution in [0, 0.1) is 5.41 Å². The molecule has 0 bridgehead atoms.